The highest BCUT2D eigenvalue weighted by Crippen LogP contribution is 2.35. The summed E-state index contributed by atoms with van der Waals surface area (Å²) in [5.41, 5.74) is 1.22. The van der Waals surface area contributed by atoms with Crippen molar-refractivity contribution in [3.8, 4) is 11.3 Å². The summed E-state index contributed by atoms with van der Waals surface area (Å²) in [6, 6.07) is 5.87. The average molecular weight is 460 g/mol. The molecule has 32 heavy (non-hydrogen) atoms. The molecule has 3 aromatic rings. The van der Waals surface area contributed by atoms with Crippen molar-refractivity contribution in [2.75, 3.05) is 18.5 Å². The van der Waals surface area contributed by atoms with Crippen LogP contribution in [0.5, 0.6) is 0 Å². The molecule has 3 rings (SSSR count). The van der Waals surface area contributed by atoms with Gasteiger partial charge in [0.05, 0.1) is 18.8 Å². The molecule has 168 valence electrons. The lowest BCUT2D eigenvalue weighted by atomic mass is 10.1. The van der Waals surface area contributed by atoms with Crippen molar-refractivity contribution in [3.63, 3.8) is 0 Å². The molecule has 2 heterocycles. The summed E-state index contributed by atoms with van der Waals surface area (Å²) in [5, 5.41) is 6.44. The number of rotatable bonds is 7. The predicted molar refractivity (Wildman–Crippen MR) is 116 cm³/mol. The zero-order chi connectivity index (χ0) is 23.4. The van der Waals surface area contributed by atoms with Crippen molar-refractivity contribution in [2.45, 2.75) is 27.7 Å². The van der Waals surface area contributed by atoms with E-state index in [0.29, 0.717) is 16.7 Å². The van der Waals surface area contributed by atoms with E-state index in [1.165, 1.54) is 12.1 Å². The first-order chi connectivity index (χ1) is 15.3. The summed E-state index contributed by atoms with van der Waals surface area (Å²) in [4.78, 5) is 37.6. The second-order valence-corrected chi connectivity index (χ2v) is 7.72. The third kappa shape index (κ3) is 4.70. The summed E-state index contributed by atoms with van der Waals surface area (Å²) in [5.74, 6) is -2.16. The summed E-state index contributed by atoms with van der Waals surface area (Å²) in [6.45, 7) is 6.80. The number of nitrogens with zero attached hydrogens (tertiary/aromatic N) is 1. The van der Waals surface area contributed by atoms with Gasteiger partial charge in [-0.3, -0.25) is 4.79 Å². The van der Waals surface area contributed by atoms with Gasteiger partial charge in [0.25, 0.3) is 5.91 Å². The van der Waals surface area contributed by atoms with Crippen LogP contribution in [0.3, 0.4) is 0 Å². The Hall–Kier alpha value is -3.53. The van der Waals surface area contributed by atoms with Gasteiger partial charge in [0.1, 0.15) is 15.7 Å². The maximum atomic E-state index is 13.8. The van der Waals surface area contributed by atoms with Crippen LogP contribution in [-0.4, -0.2) is 36.2 Å². The highest BCUT2D eigenvalue weighted by atomic mass is 32.1. The molecule has 1 N–H and O–H groups in total. The van der Waals surface area contributed by atoms with Crippen molar-refractivity contribution >= 4 is 34.2 Å². The van der Waals surface area contributed by atoms with E-state index in [0.717, 1.165) is 11.3 Å². The van der Waals surface area contributed by atoms with Crippen molar-refractivity contribution in [1.29, 1.82) is 0 Å². The Morgan fingerprint density at radius 1 is 1.09 bits per heavy atom. The van der Waals surface area contributed by atoms with E-state index < -0.39 is 23.7 Å². The molecule has 10 heteroatoms. The van der Waals surface area contributed by atoms with E-state index in [1.54, 1.807) is 39.8 Å². The van der Waals surface area contributed by atoms with Crippen molar-refractivity contribution in [3.05, 3.63) is 57.3 Å². The van der Waals surface area contributed by atoms with Gasteiger partial charge in [0.2, 0.25) is 0 Å². The van der Waals surface area contributed by atoms with Crippen LogP contribution in [0.2, 0.25) is 0 Å². The zero-order valence-electron chi connectivity index (χ0n) is 17.9. The van der Waals surface area contributed by atoms with Gasteiger partial charge in [-0.25, -0.2) is 14.0 Å². The molecule has 1 amide bonds. The second kappa shape index (κ2) is 9.73. The highest BCUT2D eigenvalue weighted by molar-refractivity contribution is 7.18. The number of benzene rings is 1. The van der Waals surface area contributed by atoms with Crippen LogP contribution in [0.1, 0.15) is 55.5 Å². The Morgan fingerprint density at radius 2 is 1.78 bits per heavy atom. The quantitative estimate of drug-likeness (QED) is 0.506. The van der Waals surface area contributed by atoms with E-state index in [-0.39, 0.29) is 40.1 Å². The molecule has 0 saturated carbocycles. The van der Waals surface area contributed by atoms with Gasteiger partial charge in [-0.1, -0.05) is 17.3 Å². The third-order valence-electron chi connectivity index (χ3n) is 4.51. The SMILES string of the molecule is CCOC(=O)c1sc(NC(=O)c2cc(-c3ccc(C)c(F)c3)on2)c(C(=O)OCC)c1C. The van der Waals surface area contributed by atoms with Gasteiger partial charge in [-0.2, -0.15) is 0 Å². The number of amides is 1. The summed E-state index contributed by atoms with van der Waals surface area (Å²) >= 11 is 0.903. The van der Waals surface area contributed by atoms with E-state index in [1.807, 2.05) is 0 Å². The number of nitrogens with one attached hydrogen (secondary N) is 1. The molecule has 0 spiro atoms. The number of ether oxygens (including phenoxy) is 2. The van der Waals surface area contributed by atoms with Gasteiger partial charge >= 0.3 is 11.9 Å². The summed E-state index contributed by atoms with van der Waals surface area (Å²) in [6.07, 6.45) is 0. The van der Waals surface area contributed by atoms with Crippen molar-refractivity contribution in [2.24, 2.45) is 0 Å². The largest absolute Gasteiger partial charge is 0.462 e. The number of aryl methyl sites for hydroxylation is 1. The minimum absolute atomic E-state index is 0.0672. The van der Waals surface area contributed by atoms with Crippen LogP contribution in [0, 0.1) is 19.7 Å². The molecule has 0 unspecified atom stereocenters. The Labute approximate surface area is 187 Å². The molecule has 1 aromatic carbocycles. The lowest BCUT2D eigenvalue weighted by Gasteiger charge is -2.05. The normalized spacial score (nSPS) is 10.7. The maximum Gasteiger partial charge on any atom is 0.348 e. The van der Waals surface area contributed by atoms with Gasteiger partial charge < -0.3 is 19.3 Å². The smallest absolute Gasteiger partial charge is 0.348 e. The standard InChI is InChI=1S/C22H21FN2O6S/c1-5-29-21(27)17-12(4)18(22(28)30-6-2)32-20(17)24-19(26)15-10-16(31-25-15)13-8-7-11(3)14(23)9-13/h7-10H,5-6H2,1-4H3,(H,24,26). The van der Waals surface area contributed by atoms with Gasteiger partial charge in [-0.05, 0) is 44.9 Å². The monoisotopic (exact) mass is 460 g/mol. The fourth-order valence-electron chi connectivity index (χ4n) is 2.87. The molecule has 0 aliphatic carbocycles. The topological polar surface area (TPSA) is 108 Å². The molecule has 0 atom stereocenters. The maximum absolute atomic E-state index is 13.8. The molecule has 0 radical (unpaired) electrons. The molecule has 0 saturated heterocycles. The molecule has 8 nitrogen and oxygen atoms in total. The zero-order valence-corrected chi connectivity index (χ0v) is 18.7. The summed E-state index contributed by atoms with van der Waals surface area (Å²) in [7, 11) is 0. The molecule has 0 fully saturated rings. The van der Waals surface area contributed by atoms with Crippen LogP contribution in [0.4, 0.5) is 9.39 Å². The van der Waals surface area contributed by atoms with Gasteiger partial charge in [-0.15, -0.1) is 11.3 Å². The third-order valence-corrected chi connectivity index (χ3v) is 5.70. The molecular formula is C22H21FN2O6S. The van der Waals surface area contributed by atoms with E-state index in [9.17, 15) is 18.8 Å². The average Bonchev–Trinajstić information content (AvgIpc) is 3.36. The van der Waals surface area contributed by atoms with Gasteiger partial charge in [0.15, 0.2) is 11.5 Å². The van der Waals surface area contributed by atoms with Crippen molar-refractivity contribution < 1.29 is 32.8 Å². The summed E-state index contributed by atoms with van der Waals surface area (Å²) < 4.78 is 29.1. The van der Waals surface area contributed by atoms with Crippen LogP contribution >= 0.6 is 11.3 Å². The van der Waals surface area contributed by atoms with Crippen LogP contribution in [0.15, 0.2) is 28.8 Å². The van der Waals surface area contributed by atoms with Crippen LogP contribution < -0.4 is 5.32 Å². The molecular weight excluding hydrogens is 439 g/mol. The molecule has 0 aliphatic rings. The first kappa shape index (κ1) is 23.1. The number of anilines is 1. The first-order valence-electron chi connectivity index (χ1n) is 9.79. The molecule has 2 aromatic heterocycles. The number of thiophene rings is 1. The minimum Gasteiger partial charge on any atom is -0.462 e. The number of halogens is 1. The van der Waals surface area contributed by atoms with E-state index in [2.05, 4.69) is 10.5 Å². The molecule has 0 bridgehead atoms. The predicted octanol–water partition coefficient (Wildman–Crippen LogP) is 4.76. The van der Waals surface area contributed by atoms with Crippen LogP contribution in [0.25, 0.3) is 11.3 Å². The first-order valence-corrected chi connectivity index (χ1v) is 10.6. The Kier molecular flexibility index (Phi) is 7.04. The molecule has 0 aliphatic heterocycles. The highest BCUT2D eigenvalue weighted by Gasteiger charge is 2.28. The minimum atomic E-state index is -0.678. The number of aromatic nitrogens is 1. The lowest BCUT2D eigenvalue weighted by molar-refractivity contribution is 0.0527. The Balaban J connectivity index is 1.90. The fraction of sp³-hybridized carbons (Fsp3) is 0.273. The number of carbonyl (C=O) groups excluding carboxylic acids is 3. The Bertz CT molecular complexity index is 1180. The lowest BCUT2D eigenvalue weighted by Crippen LogP contribution is -2.15. The van der Waals surface area contributed by atoms with Crippen LogP contribution in [-0.2, 0) is 9.47 Å². The Morgan fingerprint density at radius 3 is 2.44 bits per heavy atom. The number of carbonyl (C=O) groups is 3. The van der Waals surface area contributed by atoms with Crippen molar-refractivity contribution in [1.82, 2.24) is 5.16 Å². The van der Waals surface area contributed by atoms with Gasteiger partial charge in [0, 0.05) is 11.6 Å². The number of hydrogen-bond acceptors (Lipinski definition) is 8. The van der Waals surface area contributed by atoms with E-state index >= 15 is 0 Å². The van der Waals surface area contributed by atoms with E-state index in [4.69, 9.17) is 14.0 Å². The fourth-order valence-corrected chi connectivity index (χ4v) is 3.96. The second-order valence-electron chi connectivity index (χ2n) is 6.70. The number of hydrogen-bond donors (Lipinski definition) is 1. The number of esters is 2.